The van der Waals surface area contributed by atoms with Crippen LogP contribution in [0.5, 0.6) is 0 Å². The Morgan fingerprint density at radius 1 is 1.25 bits per heavy atom. The zero-order chi connectivity index (χ0) is 14.4. The van der Waals surface area contributed by atoms with Crippen LogP contribution in [0.3, 0.4) is 0 Å². The molecule has 1 aromatic rings. The molecule has 1 aliphatic rings. The van der Waals surface area contributed by atoms with Crippen LogP contribution < -0.4 is 10.2 Å². The quantitative estimate of drug-likeness (QED) is 0.898. The van der Waals surface area contributed by atoms with Crippen molar-refractivity contribution in [1.82, 2.24) is 15.3 Å². The van der Waals surface area contributed by atoms with Crippen LogP contribution in [-0.2, 0) is 6.54 Å². The Morgan fingerprint density at radius 3 is 2.75 bits per heavy atom. The maximum Gasteiger partial charge on any atom is 0.147 e. The van der Waals surface area contributed by atoms with Crippen molar-refractivity contribution in [3.8, 4) is 0 Å². The van der Waals surface area contributed by atoms with Crippen molar-refractivity contribution in [1.29, 1.82) is 0 Å². The Morgan fingerprint density at radius 2 is 2.10 bits per heavy atom. The SMILES string of the molecule is CCNCc1cnc(N2CCCC(C(C)C)CC2)cn1. The molecule has 20 heavy (non-hydrogen) atoms. The molecule has 0 spiro atoms. The fraction of sp³-hybridized carbons (Fsp3) is 0.750. The molecule has 1 unspecified atom stereocenters. The monoisotopic (exact) mass is 276 g/mol. The van der Waals surface area contributed by atoms with E-state index in [0.717, 1.165) is 49.5 Å². The summed E-state index contributed by atoms with van der Waals surface area (Å²) in [5.74, 6) is 2.69. The predicted molar refractivity (Wildman–Crippen MR) is 83.8 cm³/mol. The largest absolute Gasteiger partial charge is 0.355 e. The van der Waals surface area contributed by atoms with E-state index in [1.165, 1.54) is 19.3 Å². The van der Waals surface area contributed by atoms with Gasteiger partial charge < -0.3 is 10.2 Å². The van der Waals surface area contributed by atoms with Crippen LogP contribution in [0.15, 0.2) is 12.4 Å². The van der Waals surface area contributed by atoms with Crippen LogP contribution >= 0.6 is 0 Å². The molecule has 1 N–H and O–H groups in total. The first-order valence-corrected chi connectivity index (χ1v) is 7.97. The number of hydrogen-bond donors (Lipinski definition) is 1. The van der Waals surface area contributed by atoms with Crippen molar-refractivity contribution < 1.29 is 0 Å². The molecule has 0 aromatic carbocycles. The third-order valence-corrected chi connectivity index (χ3v) is 4.29. The van der Waals surface area contributed by atoms with Crippen LogP contribution in [-0.4, -0.2) is 29.6 Å². The number of aromatic nitrogens is 2. The molecule has 1 atom stereocenters. The van der Waals surface area contributed by atoms with Gasteiger partial charge in [-0.2, -0.15) is 0 Å². The molecule has 1 aromatic heterocycles. The second-order valence-electron chi connectivity index (χ2n) is 6.07. The Kier molecular flexibility index (Phi) is 5.77. The van der Waals surface area contributed by atoms with Gasteiger partial charge in [0.2, 0.25) is 0 Å². The molecule has 2 rings (SSSR count). The van der Waals surface area contributed by atoms with Crippen molar-refractivity contribution in [2.24, 2.45) is 11.8 Å². The highest BCUT2D eigenvalue weighted by Crippen LogP contribution is 2.26. The molecular formula is C16H28N4. The van der Waals surface area contributed by atoms with Crippen LogP contribution in [0.1, 0.15) is 45.7 Å². The first-order valence-electron chi connectivity index (χ1n) is 7.97. The van der Waals surface area contributed by atoms with Gasteiger partial charge in [0.15, 0.2) is 0 Å². The second kappa shape index (κ2) is 7.58. The lowest BCUT2D eigenvalue weighted by Gasteiger charge is -2.22. The average molecular weight is 276 g/mol. The Balaban J connectivity index is 1.94. The third-order valence-electron chi connectivity index (χ3n) is 4.29. The molecule has 1 fully saturated rings. The van der Waals surface area contributed by atoms with Gasteiger partial charge in [-0.3, -0.25) is 4.98 Å². The van der Waals surface area contributed by atoms with Gasteiger partial charge in [-0.05, 0) is 37.6 Å². The lowest BCUT2D eigenvalue weighted by Crippen LogP contribution is -2.26. The van der Waals surface area contributed by atoms with E-state index >= 15 is 0 Å². The molecule has 4 heteroatoms. The summed E-state index contributed by atoms with van der Waals surface area (Å²) in [5.41, 5.74) is 1.02. The summed E-state index contributed by atoms with van der Waals surface area (Å²) in [6, 6.07) is 0. The topological polar surface area (TPSA) is 41.1 Å². The number of nitrogens with zero attached hydrogens (tertiary/aromatic N) is 3. The smallest absolute Gasteiger partial charge is 0.147 e. The maximum atomic E-state index is 4.59. The lowest BCUT2D eigenvalue weighted by molar-refractivity contribution is 0.351. The molecule has 0 aliphatic carbocycles. The minimum atomic E-state index is 0.795. The van der Waals surface area contributed by atoms with Crippen LogP contribution in [0, 0.1) is 11.8 Å². The Hall–Kier alpha value is -1.16. The summed E-state index contributed by atoms with van der Waals surface area (Å²) in [6.07, 6.45) is 7.73. The molecule has 0 saturated carbocycles. The first-order chi connectivity index (χ1) is 9.70. The summed E-state index contributed by atoms with van der Waals surface area (Å²) in [5, 5.41) is 3.28. The second-order valence-corrected chi connectivity index (χ2v) is 6.07. The summed E-state index contributed by atoms with van der Waals surface area (Å²) >= 11 is 0. The number of anilines is 1. The Bertz CT molecular complexity index is 388. The normalized spacial score (nSPS) is 20.2. The van der Waals surface area contributed by atoms with Gasteiger partial charge in [-0.25, -0.2) is 4.98 Å². The minimum Gasteiger partial charge on any atom is -0.355 e. The van der Waals surface area contributed by atoms with E-state index in [2.05, 4.69) is 41.0 Å². The lowest BCUT2D eigenvalue weighted by atomic mass is 9.89. The molecule has 112 valence electrons. The van der Waals surface area contributed by atoms with Gasteiger partial charge >= 0.3 is 0 Å². The molecule has 0 amide bonds. The summed E-state index contributed by atoms with van der Waals surface area (Å²) < 4.78 is 0. The number of rotatable bonds is 5. The van der Waals surface area contributed by atoms with E-state index in [4.69, 9.17) is 0 Å². The van der Waals surface area contributed by atoms with Gasteiger partial charge in [0.1, 0.15) is 5.82 Å². The van der Waals surface area contributed by atoms with Crippen LogP contribution in [0.25, 0.3) is 0 Å². The first kappa shape index (κ1) is 15.2. The highest BCUT2D eigenvalue weighted by atomic mass is 15.2. The Labute approximate surface area is 123 Å². The van der Waals surface area contributed by atoms with E-state index in [1.807, 2.05) is 12.4 Å². The van der Waals surface area contributed by atoms with Crippen molar-refractivity contribution in [3.63, 3.8) is 0 Å². The van der Waals surface area contributed by atoms with Gasteiger partial charge in [0.05, 0.1) is 18.1 Å². The van der Waals surface area contributed by atoms with E-state index in [9.17, 15) is 0 Å². The minimum absolute atomic E-state index is 0.795. The highest BCUT2D eigenvalue weighted by molar-refractivity contribution is 5.35. The summed E-state index contributed by atoms with van der Waals surface area (Å²) in [6.45, 7) is 10.8. The van der Waals surface area contributed by atoms with Crippen molar-refractivity contribution >= 4 is 5.82 Å². The maximum absolute atomic E-state index is 4.59. The molecule has 4 nitrogen and oxygen atoms in total. The molecule has 1 saturated heterocycles. The van der Waals surface area contributed by atoms with Crippen molar-refractivity contribution in [2.45, 2.75) is 46.6 Å². The van der Waals surface area contributed by atoms with Crippen molar-refractivity contribution in [2.75, 3.05) is 24.5 Å². The zero-order valence-corrected chi connectivity index (χ0v) is 13.1. The molecular weight excluding hydrogens is 248 g/mol. The van der Waals surface area contributed by atoms with E-state index in [-0.39, 0.29) is 0 Å². The van der Waals surface area contributed by atoms with Gasteiger partial charge in [0, 0.05) is 19.6 Å². The molecule has 0 bridgehead atoms. The molecule has 0 radical (unpaired) electrons. The van der Waals surface area contributed by atoms with Crippen LogP contribution in [0.2, 0.25) is 0 Å². The zero-order valence-electron chi connectivity index (χ0n) is 13.1. The third kappa shape index (κ3) is 4.17. The summed E-state index contributed by atoms with van der Waals surface area (Å²) in [4.78, 5) is 11.5. The molecule has 2 heterocycles. The summed E-state index contributed by atoms with van der Waals surface area (Å²) in [7, 11) is 0. The highest BCUT2D eigenvalue weighted by Gasteiger charge is 2.20. The predicted octanol–water partition coefficient (Wildman–Crippen LogP) is 2.85. The number of hydrogen-bond acceptors (Lipinski definition) is 4. The van der Waals surface area contributed by atoms with E-state index < -0.39 is 0 Å². The average Bonchev–Trinajstić information content (AvgIpc) is 2.71. The van der Waals surface area contributed by atoms with E-state index in [1.54, 1.807) is 0 Å². The van der Waals surface area contributed by atoms with Crippen LogP contribution in [0.4, 0.5) is 5.82 Å². The van der Waals surface area contributed by atoms with Crippen molar-refractivity contribution in [3.05, 3.63) is 18.1 Å². The fourth-order valence-electron chi connectivity index (χ4n) is 2.87. The van der Waals surface area contributed by atoms with Gasteiger partial charge in [-0.15, -0.1) is 0 Å². The number of nitrogens with one attached hydrogen (secondary N) is 1. The van der Waals surface area contributed by atoms with E-state index in [0.29, 0.717) is 0 Å². The standard InChI is InChI=1S/C16H28N4/c1-4-17-10-15-11-19-16(12-18-15)20-8-5-6-14(7-9-20)13(2)3/h11-14,17H,4-10H2,1-3H3. The van der Waals surface area contributed by atoms with Gasteiger partial charge in [0.25, 0.3) is 0 Å². The molecule has 1 aliphatic heterocycles. The fourth-order valence-corrected chi connectivity index (χ4v) is 2.87. The van der Waals surface area contributed by atoms with Gasteiger partial charge in [-0.1, -0.05) is 20.8 Å².